The van der Waals surface area contributed by atoms with Crippen molar-refractivity contribution in [3.05, 3.63) is 23.2 Å². The first kappa shape index (κ1) is 16.1. The molecule has 1 amide bonds. The van der Waals surface area contributed by atoms with E-state index in [0.29, 0.717) is 11.7 Å². The summed E-state index contributed by atoms with van der Waals surface area (Å²) < 4.78 is 5.49. The molecule has 2 rings (SSSR count). The van der Waals surface area contributed by atoms with Crippen molar-refractivity contribution in [2.24, 2.45) is 11.7 Å². The first-order valence-corrected chi connectivity index (χ1v) is 6.61. The van der Waals surface area contributed by atoms with Gasteiger partial charge in [0.15, 0.2) is 5.76 Å². The van der Waals surface area contributed by atoms with E-state index in [2.05, 4.69) is 0 Å². The van der Waals surface area contributed by atoms with E-state index in [1.54, 1.807) is 0 Å². The highest BCUT2D eigenvalue weighted by Gasteiger charge is 2.27. The minimum absolute atomic E-state index is 0. The van der Waals surface area contributed by atoms with Crippen molar-refractivity contribution >= 4 is 18.3 Å². The van der Waals surface area contributed by atoms with Crippen molar-refractivity contribution in [1.82, 2.24) is 4.90 Å². The van der Waals surface area contributed by atoms with E-state index in [4.69, 9.17) is 10.2 Å². The number of aryl methyl sites for hydroxylation is 2. The molecule has 19 heavy (non-hydrogen) atoms. The molecule has 0 aromatic carbocycles. The number of nitrogens with zero attached hydrogens (tertiary/aromatic N) is 1. The third-order valence-corrected chi connectivity index (χ3v) is 3.81. The van der Waals surface area contributed by atoms with Crippen LogP contribution in [0.2, 0.25) is 0 Å². The summed E-state index contributed by atoms with van der Waals surface area (Å²) in [6.07, 6.45) is 1.98. The van der Waals surface area contributed by atoms with Gasteiger partial charge in [-0.2, -0.15) is 0 Å². The maximum Gasteiger partial charge on any atom is 0.289 e. The number of furan rings is 1. The second-order valence-electron chi connectivity index (χ2n) is 5.36. The SMILES string of the molecule is Cc1cc(C)c(C(=O)N2CCC(C(C)N)CC2)o1.Cl. The van der Waals surface area contributed by atoms with E-state index < -0.39 is 0 Å². The van der Waals surface area contributed by atoms with Gasteiger partial charge in [-0.3, -0.25) is 4.79 Å². The Hall–Kier alpha value is -1.00. The first-order valence-electron chi connectivity index (χ1n) is 6.61. The minimum atomic E-state index is 0. The Morgan fingerprint density at radius 3 is 2.42 bits per heavy atom. The van der Waals surface area contributed by atoms with E-state index in [0.717, 1.165) is 37.3 Å². The smallest absolute Gasteiger partial charge is 0.289 e. The lowest BCUT2D eigenvalue weighted by Gasteiger charge is -2.33. The van der Waals surface area contributed by atoms with Gasteiger partial charge >= 0.3 is 0 Å². The largest absolute Gasteiger partial charge is 0.456 e. The summed E-state index contributed by atoms with van der Waals surface area (Å²) in [5.41, 5.74) is 6.83. The third-order valence-electron chi connectivity index (χ3n) is 3.81. The Morgan fingerprint density at radius 2 is 2.00 bits per heavy atom. The predicted octanol–water partition coefficient (Wildman–Crippen LogP) is 2.52. The van der Waals surface area contributed by atoms with Crippen molar-refractivity contribution in [2.45, 2.75) is 39.7 Å². The van der Waals surface area contributed by atoms with Crippen LogP contribution in [-0.2, 0) is 0 Å². The Balaban J connectivity index is 0.00000180. The first-order chi connectivity index (χ1) is 8.49. The fourth-order valence-corrected chi connectivity index (χ4v) is 2.63. The summed E-state index contributed by atoms with van der Waals surface area (Å²) in [7, 11) is 0. The summed E-state index contributed by atoms with van der Waals surface area (Å²) in [6, 6.07) is 2.12. The van der Waals surface area contributed by atoms with Crippen LogP contribution in [0.5, 0.6) is 0 Å². The molecule has 108 valence electrons. The lowest BCUT2D eigenvalue weighted by Crippen LogP contribution is -2.42. The molecule has 0 radical (unpaired) electrons. The Bertz CT molecular complexity index is 435. The second-order valence-corrected chi connectivity index (χ2v) is 5.36. The Morgan fingerprint density at radius 1 is 1.42 bits per heavy atom. The molecule has 1 fully saturated rings. The average molecular weight is 287 g/mol. The third kappa shape index (κ3) is 3.51. The number of likely N-dealkylation sites (tertiary alicyclic amines) is 1. The monoisotopic (exact) mass is 286 g/mol. The fourth-order valence-electron chi connectivity index (χ4n) is 2.63. The molecule has 2 heterocycles. The van der Waals surface area contributed by atoms with Gasteiger partial charge in [-0.05, 0) is 45.6 Å². The molecule has 1 saturated heterocycles. The quantitative estimate of drug-likeness (QED) is 0.909. The Kier molecular flexibility index (Phi) is 5.44. The van der Waals surface area contributed by atoms with E-state index in [1.165, 1.54) is 0 Å². The molecule has 0 spiro atoms. The van der Waals surface area contributed by atoms with Gasteiger partial charge in [0.25, 0.3) is 5.91 Å². The molecule has 1 aromatic rings. The van der Waals surface area contributed by atoms with E-state index in [9.17, 15) is 4.79 Å². The van der Waals surface area contributed by atoms with Crippen LogP contribution in [0, 0.1) is 19.8 Å². The molecular formula is C14H23ClN2O2. The van der Waals surface area contributed by atoms with Crippen molar-refractivity contribution in [3.63, 3.8) is 0 Å². The maximum atomic E-state index is 12.3. The molecule has 5 heteroatoms. The van der Waals surface area contributed by atoms with Crippen molar-refractivity contribution in [2.75, 3.05) is 13.1 Å². The van der Waals surface area contributed by atoms with Crippen LogP contribution in [0.4, 0.5) is 0 Å². The van der Waals surface area contributed by atoms with Crippen LogP contribution in [0.1, 0.15) is 41.6 Å². The predicted molar refractivity (Wildman–Crippen MR) is 77.7 cm³/mol. The molecule has 4 nitrogen and oxygen atoms in total. The van der Waals surface area contributed by atoms with Crippen molar-refractivity contribution in [1.29, 1.82) is 0 Å². The van der Waals surface area contributed by atoms with Gasteiger partial charge < -0.3 is 15.1 Å². The number of rotatable bonds is 2. The van der Waals surface area contributed by atoms with Gasteiger partial charge in [0.2, 0.25) is 0 Å². The number of hydrogen-bond donors (Lipinski definition) is 1. The molecule has 1 aliphatic heterocycles. The van der Waals surface area contributed by atoms with E-state index in [1.807, 2.05) is 31.7 Å². The van der Waals surface area contributed by atoms with Crippen molar-refractivity contribution < 1.29 is 9.21 Å². The van der Waals surface area contributed by atoms with Crippen LogP contribution >= 0.6 is 12.4 Å². The summed E-state index contributed by atoms with van der Waals surface area (Å²) in [5, 5.41) is 0. The molecule has 1 aromatic heterocycles. The zero-order chi connectivity index (χ0) is 13.3. The zero-order valence-corrected chi connectivity index (χ0v) is 12.6. The summed E-state index contributed by atoms with van der Waals surface area (Å²) in [6.45, 7) is 7.39. The fraction of sp³-hybridized carbons (Fsp3) is 0.643. The topological polar surface area (TPSA) is 59.5 Å². The van der Waals surface area contributed by atoms with Gasteiger partial charge in [0.05, 0.1) is 0 Å². The summed E-state index contributed by atoms with van der Waals surface area (Å²) in [4.78, 5) is 14.2. The standard InChI is InChI=1S/C14H22N2O2.ClH/c1-9-8-10(2)18-13(9)14(17)16-6-4-12(5-7-16)11(3)15;/h8,11-12H,4-7,15H2,1-3H3;1H. The van der Waals surface area contributed by atoms with Crippen LogP contribution in [0.3, 0.4) is 0 Å². The van der Waals surface area contributed by atoms with Crippen LogP contribution in [0.25, 0.3) is 0 Å². The number of piperidine rings is 1. The summed E-state index contributed by atoms with van der Waals surface area (Å²) in [5.74, 6) is 1.84. The van der Waals surface area contributed by atoms with Crippen LogP contribution < -0.4 is 5.73 Å². The number of hydrogen-bond acceptors (Lipinski definition) is 3. The second kappa shape index (κ2) is 6.44. The molecule has 0 aliphatic carbocycles. The lowest BCUT2D eigenvalue weighted by atomic mass is 9.91. The summed E-state index contributed by atoms with van der Waals surface area (Å²) >= 11 is 0. The molecule has 0 bridgehead atoms. The number of carbonyl (C=O) groups excluding carboxylic acids is 1. The number of carbonyl (C=O) groups is 1. The number of halogens is 1. The van der Waals surface area contributed by atoms with Crippen LogP contribution in [0.15, 0.2) is 10.5 Å². The maximum absolute atomic E-state index is 12.3. The highest BCUT2D eigenvalue weighted by atomic mass is 35.5. The van der Waals surface area contributed by atoms with Gasteiger partial charge in [-0.25, -0.2) is 0 Å². The normalized spacial score (nSPS) is 18.0. The average Bonchev–Trinajstić information content (AvgIpc) is 2.67. The zero-order valence-electron chi connectivity index (χ0n) is 11.8. The molecule has 1 aliphatic rings. The number of amides is 1. The van der Waals surface area contributed by atoms with Gasteiger partial charge in [0, 0.05) is 24.7 Å². The van der Waals surface area contributed by atoms with Gasteiger partial charge in [0.1, 0.15) is 5.76 Å². The highest BCUT2D eigenvalue weighted by Crippen LogP contribution is 2.23. The van der Waals surface area contributed by atoms with Gasteiger partial charge in [-0.15, -0.1) is 12.4 Å². The molecule has 1 atom stereocenters. The van der Waals surface area contributed by atoms with Gasteiger partial charge in [-0.1, -0.05) is 0 Å². The Labute approximate surface area is 120 Å². The minimum Gasteiger partial charge on any atom is -0.456 e. The van der Waals surface area contributed by atoms with E-state index >= 15 is 0 Å². The van der Waals surface area contributed by atoms with Crippen LogP contribution in [-0.4, -0.2) is 29.9 Å². The molecule has 2 N–H and O–H groups in total. The van der Waals surface area contributed by atoms with Crippen molar-refractivity contribution in [3.8, 4) is 0 Å². The molecular weight excluding hydrogens is 264 g/mol. The van der Waals surface area contributed by atoms with E-state index in [-0.39, 0.29) is 24.4 Å². The lowest BCUT2D eigenvalue weighted by molar-refractivity contribution is 0.0646. The molecule has 0 saturated carbocycles. The molecule has 1 unspecified atom stereocenters. The highest BCUT2D eigenvalue weighted by molar-refractivity contribution is 5.93. The number of nitrogens with two attached hydrogens (primary N) is 1.